The number of benzene rings is 4. The Morgan fingerprint density at radius 2 is 1.68 bits per heavy atom. The first-order valence-corrected chi connectivity index (χ1v) is 14.4. The number of hydrogen-bond donors (Lipinski definition) is 1. The van der Waals surface area contributed by atoms with Gasteiger partial charge < -0.3 is 19.5 Å². The van der Waals surface area contributed by atoms with Crippen LogP contribution in [0.4, 0.5) is 5.69 Å². The van der Waals surface area contributed by atoms with E-state index in [-0.39, 0.29) is 5.57 Å². The lowest BCUT2D eigenvalue weighted by Crippen LogP contribution is -2.13. The Labute approximate surface area is 258 Å². The second kappa shape index (κ2) is 14.6. The molecular weight excluding hydrogens is 651 g/mol. The molecule has 41 heavy (non-hydrogen) atoms. The standard InChI is InChI=1S/C33H28ClIN2O4/c1-3-39-31-18-25(17-30(35)32(31)41-21-24-5-4-6-27(34)16-24)15-26(19-36)33(38)37-28-11-13-29(14-12-28)40-20-23-9-7-22(2)8-10-23/h4-18H,3,20-21H2,1-2H3,(H,37,38)/b26-15+. The first-order valence-electron chi connectivity index (χ1n) is 12.9. The third-order valence-corrected chi connectivity index (χ3v) is 6.95. The van der Waals surface area contributed by atoms with Gasteiger partial charge in [-0.25, -0.2) is 0 Å². The molecule has 208 valence electrons. The van der Waals surface area contributed by atoms with Crippen LogP contribution >= 0.6 is 34.2 Å². The van der Waals surface area contributed by atoms with E-state index in [9.17, 15) is 10.1 Å². The Bertz CT molecular complexity index is 1580. The summed E-state index contributed by atoms with van der Waals surface area (Å²) in [6.07, 6.45) is 1.53. The van der Waals surface area contributed by atoms with E-state index in [4.69, 9.17) is 25.8 Å². The summed E-state index contributed by atoms with van der Waals surface area (Å²) in [7, 11) is 0. The number of rotatable bonds is 11. The number of nitrogens with zero attached hydrogens (tertiary/aromatic N) is 1. The van der Waals surface area contributed by atoms with E-state index in [0.717, 1.165) is 14.7 Å². The summed E-state index contributed by atoms with van der Waals surface area (Å²) in [4.78, 5) is 12.9. The highest BCUT2D eigenvalue weighted by atomic mass is 127. The van der Waals surface area contributed by atoms with Crippen LogP contribution < -0.4 is 19.5 Å². The molecule has 0 unspecified atom stereocenters. The van der Waals surface area contributed by atoms with Crippen LogP contribution in [0.2, 0.25) is 5.02 Å². The number of carbonyl (C=O) groups is 1. The average Bonchev–Trinajstić information content (AvgIpc) is 2.96. The summed E-state index contributed by atoms with van der Waals surface area (Å²) < 4.78 is 18.5. The van der Waals surface area contributed by atoms with Crippen LogP contribution in [0, 0.1) is 21.8 Å². The van der Waals surface area contributed by atoms with E-state index in [2.05, 4.69) is 27.9 Å². The van der Waals surface area contributed by atoms with Crippen LogP contribution in [0.3, 0.4) is 0 Å². The summed E-state index contributed by atoms with van der Waals surface area (Å²) in [5, 5.41) is 13.1. The number of carbonyl (C=O) groups excluding carboxylic acids is 1. The molecule has 4 aromatic rings. The summed E-state index contributed by atoms with van der Waals surface area (Å²) in [5.41, 5.74) is 4.33. The molecule has 0 aliphatic carbocycles. The fourth-order valence-corrected chi connectivity index (χ4v) is 4.85. The van der Waals surface area contributed by atoms with E-state index in [1.165, 1.54) is 11.6 Å². The molecule has 0 aliphatic heterocycles. The Hall–Kier alpha value is -4.00. The number of ether oxygens (including phenoxy) is 3. The molecule has 0 heterocycles. The highest BCUT2D eigenvalue weighted by Gasteiger charge is 2.15. The van der Waals surface area contributed by atoms with Gasteiger partial charge in [0.05, 0.1) is 10.2 Å². The summed E-state index contributed by atoms with van der Waals surface area (Å²) in [6, 6.07) is 28.2. The molecule has 0 saturated carbocycles. The van der Waals surface area contributed by atoms with Crippen LogP contribution in [0.5, 0.6) is 17.2 Å². The Morgan fingerprint density at radius 1 is 0.951 bits per heavy atom. The van der Waals surface area contributed by atoms with Crippen molar-refractivity contribution >= 4 is 51.9 Å². The van der Waals surface area contributed by atoms with E-state index in [0.29, 0.717) is 53.3 Å². The molecule has 0 aliphatic rings. The van der Waals surface area contributed by atoms with E-state index in [1.807, 2.05) is 74.5 Å². The van der Waals surface area contributed by atoms with Crippen molar-refractivity contribution in [2.24, 2.45) is 0 Å². The normalized spacial score (nSPS) is 11.0. The first-order chi connectivity index (χ1) is 19.8. The van der Waals surface area contributed by atoms with Crippen molar-refractivity contribution in [1.82, 2.24) is 0 Å². The molecule has 0 fully saturated rings. The molecule has 4 rings (SSSR count). The van der Waals surface area contributed by atoms with Gasteiger partial charge in [-0.15, -0.1) is 0 Å². The molecule has 1 amide bonds. The van der Waals surface area contributed by atoms with Crippen LogP contribution in [0.25, 0.3) is 6.08 Å². The lowest BCUT2D eigenvalue weighted by atomic mass is 10.1. The molecule has 0 saturated heterocycles. The minimum absolute atomic E-state index is 0.0458. The number of nitrogens with one attached hydrogen (secondary N) is 1. The molecule has 0 radical (unpaired) electrons. The highest BCUT2D eigenvalue weighted by molar-refractivity contribution is 14.1. The Kier molecular flexibility index (Phi) is 10.7. The number of amides is 1. The maximum Gasteiger partial charge on any atom is 0.266 e. The summed E-state index contributed by atoms with van der Waals surface area (Å²) in [6.45, 7) is 5.10. The van der Waals surface area contributed by atoms with Gasteiger partial charge in [0.1, 0.15) is 30.6 Å². The van der Waals surface area contributed by atoms with Crippen LogP contribution in [0.1, 0.15) is 29.2 Å². The third kappa shape index (κ3) is 8.74. The van der Waals surface area contributed by atoms with E-state index >= 15 is 0 Å². The van der Waals surface area contributed by atoms with Crippen molar-refractivity contribution in [2.45, 2.75) is 27.1 Å². The van der Waals surface area contributed by atoms with Gasteiger partial charge in [0, 0.05) is 10.7 Å². The summed E-state index contributed by atoms with van der Waals surface area (Å²) in [5.74, 6) is 1.26. The lowest BCUT2D eigenvalue weighted by Gasteiger charge is -2.15. The van der Waals surface area contributed by atoms with Crippen molar-refractivity contribution in [3.8, 4) is 23.3 Å². The predicted octanol–water partition coefficient (Wildman–Crippen LogP) is 8.36. The van der Waals surface area contributed by atoms with Crippen molar-refractivity contribution in [3.05, 3.63) is 121 Å². The molecule has 0 bridgehead atoms. The van der Waals surface area contributed by atoms with Crippen LogP contribution in [-0.4, -0.2) is 12.5 Å². The van der Waals surface area contributed by atoms with Gasteiger partial charge in [0.2, 0.25) is 0 Å². The van der Waals surface area contributed by atoms with Gasteiger partial charge in [-0.3, -0.25) is 4.79 Å². The second-order valence-corrected chi connectivity index (χ2v) is 10.7. The maximum absolute atomic E-state index is 12.9. The zero-order valence-corrected chi connectivity index (χ0v) is 25.5. The number of aryl methyl sites for hydroxylation is 1. The fourth-order valence-electron chi connectivity index (χ4n) is 3.86. The topological polar surface area (TPSA) is 80.6 Å². The smallest absolute Gasteiger partial charge is 0.266 e. The van der Waals surface area contributed by atoms with Crippen LogP contribution in [0.15, 0.2) is 90.5 Å². The van der Waals surface area contributed by atoms with Gasteiger partial charge in [0.25, 0.3) is 5.91 Å². The quantitative estimate of drug-likeness (QED) is 0.0980. The fraction of sp³-hybridized carbons (Fsp3) is 0.152. The zero-order valence-electron chi connectivity index (χ0n) is 22.6. The van der Waals surface area contributed by atoms with Crippen molar-refractivity contribution in [2.75, 3.05) is 11.9 Å². The molecule has 4 aromatic carbocycles. The van der Waals surface area contributed by atoms with E-state index in [1.54, 1.807) is 30.3 Å². The predicted molar refractivity (Wildman–Crippen MR) is 170 cm³/mol. The SMILES string of the molecule is CCOc1cc(/C=C(\C#N)C(=O)Nc2ccc(OCc3ccc(C)cc3)cc2)cc(I)c1OCc1cccc(Cl)c1. The van der Waals surface area contributed by atoms with Crippen molar-refractivity contribution in [3.63, 3.8) is 0 Å². The van der Waals surface area contributed by atoms with Gasteiger partial charge in [-0.2, -0.15) is 5.26 Å². The minimum atomic E-state index is -0.518. The number of hydrogen-bond acceptors (Lipinski definition) is 5. The third-order valence-electron chi connectivity index (χ3n) is 5.92. The van der Waals surface area contributed by atoms with Crippen molar-refractivity contribution < 1.29 is 19.0 Å². The largest absolute Gasteiger partial charge is 0.490 e. The first kappa shape index (κ1) is 30.0. The average molecular weight is 679 g/mol. The van der Waals surface area contributed by atoms with Gasteiger partial charge in [-0.1, -0.05) is 53.6 Å². The zero-order chi connectivity index (χ0) is 29.2. The summed E-state index contributed by atoms with van der Waals surface area (Å²) >= 11 is 8.24. The number of halogens is 2. The minimum Gasteiger partial charge on any atom is -0.490 e. The van der Waals surface area contributed by atoms with Crippen LogP contribution in [-0.2, 0) is 18.0 Å². The molecule has 0 spiro atoms. The van der Waals surface area contributed by atoms with Gasteiger partial charge >= 0.3 is 0 Å². The second-order valence-electron chi connectivity index (χ2n) is 9.10. The Morgan fingerprint density at radius 3 is 2.37 bits per heavy atom. The number of nitriles is 1. The van der Waals surface area contributed by atoms with Gasteiger partial charge in [0.15, 0.2) is 11.5 Å². The number of anilines is 1. The van der Waals surface area contributed by atoms with Crippen molar-refractivity contribution in [1.29, 1.82) is 5.26 Å². The molecule has 1 N–H and O–H groups in total. The molecule has 0 atom stereocenters. The highest BCUT2D eigenvalue weighted by Crippen LogP contribution is 2.35. The Balaban J connectivity index is 1.43. The molecule has 8 heteroatoms. The van der Waals surface area contributed by atoms with Gasteiger partial charge in [-0.05, 0) is 108 Å². The van der Waals surface area contributed by atoms with E-state index < -0.39 is 5.91 Å². The monoisotopic (exact) mass is 678 g/mol. The molecule has 6 nitrogen and oxygen atoms in total. The lowest BCUT2D eigenvalue weighted by molar-refractivity contribution is -0.112. The maximum atomic E-state index is 12.9. The molecule has 0 aromatic heterocycles. The molecular formula is C33H28ClIN2O4.